The van der Waals surface area contributed by atoms with Crippen molar-refractivity contribution in [2.24, 2.45) is 0 Å². The molecule has 0 unspecified atom stereocenters. The van der Waals surface area contributed by atoms with Crippen molar-refractivity contribution < 1.29 is 0 Å². The van der Waals surface area contributed by atoms with Crippen molar-refractivity contribution in [3.63, 3.8) is 0 Å². The number of hydrogen-bond donors (Lipinski definition) is 0. The Hall–Kier alpha value is -0.490. The smallest absolute Gasteiger partial charge is 0.0439 e. The Morgan fingerprint density at radius 3 is 2.78 bits per heavy atom. The van der Waals surface area contributed by atoms with Gasteiger partial charge in [-0.05, 0) is 12.0 Å². The standard InChI is InChI=1S/C8H9Cl/c1-2-7-3-4-8(5-7)6-9/h2-4H,1,5-6H2. The molecule has 0 bridgehead atoms. The maximum absolute atomic E-state index is 5.59. The Morgan fingerprint density at radius 2 is 2.44 bits per heavy atom. The van der Waals surface area contributed by atoms with Crippen LogP contribution in [0.1, 0.15) is 6.42 Å². The monoisotopic (exact) mass is 140 g/mol. The second-order valence-corrected chi connectivity index (χ2v) is 2.35. The molecule has 1 rings (SSSR count). The van der Waals surface area contributed by atoms with E-state index in [1.54, 1.807) is 0 Å². The van der Waals surface area contributed by atoms with E-state index < -0.39 is 0 Å². The average molecular weight is 141 g/mol. The first-order chi connectivity index (χ1) is 4.36. The molecule has 0 amide bonds. The summed E-state index contributed by atoms with van der Waals surface area (Å²) in [5, 5.41) is 0. The summed E-state index contributed by atoms with van der Waals surface area (Å²) in [6, 6.07) is 0. The first-order valence-electron chi connectivity index (χ1n) is 2.94. The number of alkyl halides is 1. The second kappa shape index (κ2) is 2.88. The zero-order valence-corrected chi connectivity index (χ0v) is 5.99. The van der Waals surface area contributed by atoms with E-state index in [0.29, 0.717) is 5.88 Å². The Kier molecular flexibility index (Phi) is 2.12. The third-order valence-electron chi connectivity index (χ3n) is 1.40. The van der Waals surface area contributed by atoms with Crippen molar-refractivity contribution in [3.8, 4) is 0 Å². The number of hydrogen-bond acceptors (Lipinski definition) is 0. The summed E-state index contributed by atoms with van der Waals surface area (Å²) in [5.74, 6) is 0.647. The molecule has 0 N–H and O–H groups in total. The molecule has 0 nitrogen and oxygen atoms in total. The van der Waals surface area contributed by atoms with Gasteiger partial charge in [-0.25, -0.2) is 0 Å². The molecule has 0 saturated carbocycles. The van der Waals surface area contributed by atoms with E-state index in [2.05, 4.69) is 18.7 Å². The van der Waals surface area contributed by atoms with Gasteiger partial charge >= 0.3 is 0 Å². The molecule has 1 aliphatic rings. The molecule has 1 heteroatoms. The molecule has 0 radical (unpaired) electrons. The normalized spacial score (nSPS) is 17.0. The van der Waals surface area contributed by atoms with Gasteiger partial charge in [-0.2, -0.15) is 0 Å². The van der Waals surface area contributed by atoms with E-state index >= 15 is 0 Å². The SMILES string of the molecule is C=CC1=CC=C(CCl)C1. The summed E-state index contributed by atoms with van der Waals surface area (Å²) in [7, 11) is 0. The zero-order valence-electron chi connectivity index (χ0n) is 5.23. The third kappa shape index (κ3) is 1.46. The quantitative estimate of drug-likeness (QED) is 0.518. The van der Waals surface area contributed by atoms with Gasteiger partial charge in [-0.15, -0.1) is 11.6 Å². The van der Waals surface area contributed by atoms with E-state index in [4.69, 9.17) is 11.6 Å². The fourth-order valence-electron chi connectivity index (χ4n) is 0.837. The Morgan fingerprint density at radius 1 is 1.67 bits per heavy atom. The molecule has 1 aliphatic carbocycles. The minimum Gasteiger partial charge on any atom is -0.122 e. The first-order valence-corrected chi connectivity index (χ1v) is 3.47. The topological polar surface area (TPSA) is 0 Å². The molecular formula is C8H9Cl. The van der Waals surface area contributed by atoms with Crippen LogP contribution in [0.25, 0.3) is 0 Å². The number of rotatable bonds is 2. The van der Waals surface area contributed by atoms with E-state index in [-0.39, 0.29) is 0 Å². The lowest BCUT2D eigenvalue weighted by Gasteiger charge is -1.93. The van der Waals surface area contributed by atoms with Crippen LogP contribution in [0, 0.1) is 0 Å². The van der Waals surface area contributed by atoms with Gasteiger partial charge in [0.2, 0.25) is 0 Å². The molecule has 0 aromatic heterocycles. The lowest BCUT2D eigenvalue weighted by atomic mass is 10.2. The van der Waals surface area contributed by atoms with Crippen molar-refractivity contribution in [2.75, 3.05) is 5.88 Å². The highest BCUT2D eigenvalue weighted by Gasteiger charge is 2.02. The molecule has 0 fully saturated rings. The third-order valence-corrected chi connectivity index (χ3v) is 1.74. The molecular weight excluding hydrogens is 132 g/mol. The molecule has 0 atom stereocenters. The van der Waals surface area contributed by atoms with Crippen LogP contribution in [-0.2, 0) is 0 Å². The molecule has 0 aromatic rings. The van der Waals surface area contributed by atoms with E-state index in [1.807, 2.05) is 6.08 Å². The Bertz CT molecular complexity index is 175. The highest BCUT2D eigenvalue weighted by atomic mass is 35.5. The molecule has 0 heterocycles. The van der Waals surface area contributed by atoms with Crippen LogP contribution in [0.4, 0.5) is 0 Å². The van der Waals surface area contributed by atoms with Gasteiger partial charge in [0, 0.05) is 5.88 Å². The fourth-order valence-corrected chi connectivity index (χ4v) is 1.02. The van der Waals surface area contributed by atoms with Crippen LogP contribution in [-0.4, -0.2) is 5.88 Å². The molecule has 48 valence electrons. The van der Waals surface area contributed by atoms with Crippen molar-refractivity contribution in [2.45, 2.75) is 6.42 Å². The largest absolute Gasteiger partial charge is 0.122 e. The van der Waals surface area contributed by atoms with Gasteiger partial charge in [0.25, 0.3) is 0 Å². The van der Waals surface area contributed by atoms with Gasteiger partial charge < -0.3 is 0 Å². The van der Waals surface area contributed by atoms with Crippen LogP contribution >= 0.6 is 11.6 Å². The highest BCUT2D eigenvalue weighted by Crippen LogP contribution is 2.19. The summed E-state index contributed by atoms with van der Waals surface area (Å²) in [6.45, 7) is 3.67. The van der Waals surface area contributed by atoms with Gasteiger partial charge in [0.1, 0.15) is 0 Å². The lowest BCUT2D eigenvalue weighted by Crippen LogP contribution is -1.79. The molecule has 0 aliphatic heterocycles. The Balaban J connectivity index is 2.52. The van der Waals surface area contributed by atoms with Gasteiger partial charge in [-0.3, -0.25) is 0 Å². The molecule has 9 heavy (non-hydrogen) atoms. The van der Waals surface area contributed by atoms with E-state index in [9.17, 15) is 0 Å². The minimum atomic E-state index is 0.647. The van der Waals surface area contributed by atoms with Crippen LogP contribution in [0.2, 0.25) is 0 Å². The summed E-state index contributed by atoms with van der Waals surface area (Å²) in [5.41, 5.74) is 2.55. The summed E-state index contributed by atoms with van der Waals surface area (Å²) >= 11 is 5.59. The van der Waals surface area contributed by atoms with Crippen LogP contribution in [0.3, 0.4) is 0 Å². The summed E-state index contributed by atoms with van der Waals surface area (Å²) < 4.78 is 0. The maximum Gasteiger partial charge on any atom is 0.0439 e. The van der Waals surface area contributed by atoms with Crippen molar-refractivity contribution in [1.82, 2.24) is 0 Å². The Labute approximate surface area is 60.5 Å². The average Bonchev–Trinajstić information content (AvgIpc) is 2.34. The van der Waals surface area contributed by atoms with Crippen LogP contribution < -0.4 is 0 Å². The van der Waals surface area contributed by atoms with E-state index in [0.717, 1.165) is 6.42 Å². The zero-order chi connectivity index (χ0) is 6.69. The van der Waals surface area contributed by atoms with Gasteiger partial charge in [-0.1, -0.05) is 30.4 Å². The molecule has 0 aromatic carbocycles. The van der Waals surface area contributed by atoms with Crippen molar-refractivity contribution in [1.29, 1.82) is 0 Å². The van der Waals surface area contributed by atoms with E-state index in [1.165, 1.54) is 11.1 Å². The lowest BCUT2D eigenvalue weighted by molar-refractivity contribution is 1.20. The predicted molar refractivity (Wildman–Crippen MR) is 41.7 cm³/mol. The first kappa shape index (κ1) is 6.63. The van der Waals surface area contributed by atoms with Gasteiger partial charge in [0.15, 0.2) is 0 Å². The highest BCUT2D eigenvalue weighted by molar-refractivity contribution is 6.19. The van der Waals surface area contributed by atoms with Crippen LogP contribution in [0.5, 0.6) is 0 Å². The van der Waals surface area contributed by atoms with Crippen molar-refractivity contribution >= 4 is 11.6 Å². The number of allylic oxidation sites excluding steroid dienone is 5. The second-order valence-electron chi connectivity index (χ2n) is 2.08. The fraction of sp³-hybridized carbons (Fsp3) is 0.250. The molecule has 0 saturated heterocycles. The predicted octanol–water partition coefficient (Wildman–Crippen LogP) is 2.67. The van der Waals surface area contributed by atoms with Crippen LogP contribution in [0.15, 0.2) is 36.0 Å². The summed E-state index contributed by atoms with van der Waals surface area (Å²) in [4.78, 5) is 0. The van der Waals surface area contributed by atoms with Crippen molar-refractivity contribution in [3.05, 3.63) is 36.0 Å². The number of halogens is 1. The summed E-state index contributed by atoms with van der Waals surface area (Å²) in [6.07, 6.45) is 6.98. The van der Waals surface area contributed by atoms with Gasteiger partial charge in [0.05, 0.1) is 0 Å². The molecule has 0 spiro atoms. The minimum absolute atomic E-state index is 0.647. The maximum atomic E-state index is 5.59.